The lowest BCUT2D eigenvalue weighted by molar-refractivity contribution is -0.153. The minimum atomic E-state index is -0.764. The number of anilines is 1. The van der Waals surface area contributed by atoms with E-state index in [0.29, 0.717) is 5.69 Å². The zero-order valence-electron chi connectivity index (χ0n) is 9.75. The number of methoxy groups -OCH3 is 1. The molecule has 2 rings (SSSR count). The van der Waals surface area contributed by atoms with E-state index in [2.05, 4.69) is 4.74 Å². The van der Waals surface area contributed by atoms with Crippen LogP contribution < -0.4 is 5.73 Å². The minimum Gasteiger partial charge on any atom is -0.467 e. The molecule has 0 spiro atoms. The van der Waals surface area contributed by atoms with Crippen LogP contribution in [0, 0.1) is 0 Å². The Kier molecular flexibility index (Phi) is 3.31. The molecule has 3 atom stereocenters. The van der Waals surface area contributed by atoms with Crippen molar-refractivity contribution in [3.8, 4) is 0 Å². The number of para-hydroxylation sites is 1. The smallest absolute Gasteiger partial charge is 0.338 e. The second-order valence-electron chi connectivity index (χ2n) is 3.83. The van der Waals surface area contributed by atoms with Crippen LogP contribution in [0.25, 0.3) is 0 Å². The van der Waals surface area contributed by atoms with Crippen molar-refractivity contribution < 1.29 is 19.0 Å². The zero-order valence-corrected chi connectivity index (χ0v) is 9.75. The molecule has 1 fully saturated rings. The van der Waals surface area contributed by atoms with E-state index in [1.807, 2.05) is 18.2 Å². The number of benzene rings is 1. The molecule has 2 N–H and O–H groups in total. The Bertz CT molecular complexity index is 421. The van der Waals surface area contributed by atoms with Gasteiger partial charge in [-0.05, 0) is 13.0 Å². The van der Waals surface area contributed by atoms with Crippen LogP contribution >= 0.6 is 0 Å². The Hall–Kier alpha value is -1.59. The van der Waals surface area contributed by atoms with Gasteiger partial charge in [-0.2, -0.15) is 0 Å². The number of nitrogen functional groups attached to an aromatic ring is 1. The van der Waals surface area contributed by atoms with Gasteiger partial charge in [0.05, 0.1) is 7.11 Å². The van der Waals surface area contributed by atoms with E-state index in [9.17, 15) is 4.79 Å². The van der Waals surface area contributed by atoms with E-state index >= 15 is 0 Å². The number of hydrogen-bond acceptors (Lipinski definition) is 5. The molecule has 17 heavy (non-hydrogen) atoms. The fraction of sp³-hybridized carbons (Fsp3) is 0.417. The summed E-state index contributed by atoms with van der Waals surface area (Å²) in [5.41, 5.74) is 7.18. The van der Waals surface area contributed by atoms with Gasteiger partial charge in [0.25, 0.3) is 0 Å². The predicted molar refractivity (Wildman–Crippen MR) is 61.0 cm³/mol. The van der Waals surface area contributed by atoms with Crippen molar-refractivity contribution in [3.63, 3.8) is 0 Å². The number of nitrogens with two attached hydrogens (primary N) is 1. The molecular formula is C12H15NO4. The summed E-state index contributed by atoms with van der Waals surface area (Å²) in [5.74, 6) is -0.456. The predicted octanol–water partition coefficient (Wildman–Crippen LogP) is 1.24. The SMILES string of the molecule is COC(=O)C1OC(C)O[C@@H]1c1ccccc1N. The van der Waals surface area contributed by atoms with Crippen molar-refractivity contribution in [2.75, 3.05) is 12.8 Å². The van der Waals surface area contributed by atoms with Crippen LogP contribution in [-0.2, 0) is 19.0 Å². The second kappa shape index (κ2) is 4.73. The molecule has 5 nitrogen and oxygen atoms in total. The van der Waals surface area contributed by atoms with Crippen LogP contribution in [0.1, 0.15) is 18.6 Å². The van der Waals surface area contributed by atoms with Crippen LogP contribution in [0.5, 0.6) is 0 Å². The third-order valence-electron chi connectivity index (χ3n) is 2.69. The zero-order chi connectivity index (χ0) is 12.4. The summed E-state index contributed by atoms with van der Waals surface area (Å²) in [6, 6.07) is 7.24. The van der Waals surface area contributed by atoms with Crippen molar-refractivity contribution in [2.24, 2.45) is 0 Å². The van der Waals surface area contributed by atoms with Crippen LogP contribution in [0.3, 0.4) is 0 Å². The van der Waals surface area contributed by atoms with Gasteiger partial charge >= 0.3 is 5.97 Å². The van der Waals surface area contributed by atoms with E-state index in [1.165, 1.54) is 7.11 Å². The Morgan fingerprint density at radius 2 is 2.06 bits per heavy atom. The lowest BCUT2D eigenvalue weighted by atomic mass is 10.0. The van der Waals surface area contributed by atoms with Gasteiger partial charge in [-0.1, -0.05) is 18.2 Å². The molecule has 1 aliphatic heterocycles. The summed E-state index contributed by atoms with van der Waals surface area (Å²) in [7, 11) is 1.32. The van der Waals surface area contributed by atoms with Gasteiger partial charge in [0.15, 0.2) is 12.4 Å². The summed E-state index contributed by atoms with van der Waals surface area (Å²) in [6.45, 7) is 1.73. The molecule has 92 valence electrons. The van der Waals surface area contributed by atoms with Gasteiger partial charge in [-0.15, -0.1) is 0 Å². The third kappa shape index (κ3) is 2.25. The quantitative estimate of drug-likeness (QED) is 0.619. The Morgan fingerprint density at radius 3 is 2.71 bits per heavy atom. The first-order chi connectivity index (χ1) is 8.13. The number of carbonyl (C=O) groups is 1. The molecule has 2 unspecified atom stereocenters. The molecular weight excluding hydrogens is 222 g/mol. The highest BCUT2D eigenvalue weighted by atomic mass is 16.7. The summed E-state index contributed by atoms with van der Waals surface area (Å²) >= 11 is 0. The molecule has 0 amide bonds. The van der Waals surface area contributed by atoms with Gasteiger partial charge in [0, 0.05) is 11.3 Å². The topological polar surface area (TPSA) is 70.8 Å². The third-order valence-corrected chi connectivity index (χ3v) is 2.69. The number of hydrogen-bond donors (Lipinski definition) is 1. The van der Waals surface area contributed by atoms with E-state index in [4.69, 9.17) is 15.2 Å². The maximum atomic E-state index is 11.6. The van der Waals surface area contributed by atoms with Crippen LogP contribution in [-0.4, -0.2) is 25.5 Å². The molecule has 0 bridgehead atoms. The van der Waals surface area contributed by atoms with E-state index in [-0.39, 0.29) is 0 Å². The van der Waals surface area contributed by atoms with Crippen molar-refractivity contribution in [1.29, 1.82) is 0 Å². The fourth-order valence-corrected chi connectivity index (χ4v) is 1.89. The largest absolute Gasteiger partial charge is 0.467 e. The molecule has 0 saturated carbocycles. The number of esters is 1. The van der Waals surface area contributed by atoms with E-state index in [1.54, 1.807) is 13.0 Å². The highest BCUT2D eigenvalue weighted by Gasteiger charge is 2.41. The summed E-state index contributed by atoms with van der Waals surface area (Å²) in [5, 5.41) is 0. The average molecular weight is 237 g/mol. The first-order valence-corrected chi connectivity index (χ1v) is 5.36. The monoisotopic (exact) mass is 237 g/mol. The number of carbonyl (C=O) groups excluding carboxylic acids is 1. The molecule has 0 aliphatic carbocycles. The van der Waals surface area contributed by atoms with Crippen molar-refractivity contribution in [2.45, 2.75) is 25.4 Å². The normalized spacial score (nSPS) is 28.0. The number of ether oxygens (including phenoxy) is 3. The maximum absolute atomic E-state index is 11.6. The van der Waals surface area contributed by atoms with Crippen LogP contribution in [0.2, 0.25) is 0 Å². The van der Waals surface area contributed by atoms with Gasteiger partial charge in [0.1, 0.15) is 6.10 Å². The molecule has 1 aliphatic rings. The number of rotatable bonds is 2. The van der Waals surface area contributed by atoms with Gasteiger partial charge < -0.3 is 19.9 Å². The van der Waals surface area contributed by atoms with Crippen LogP contribution in [0.15, 0.2) is 24.3 Å². The molecule has 1 aromatic carbocycles. The van der Waals surface area contributed by atoms with E-state index < -0.39 is 24.5 Å². The molecule has 1 saturated heterocycles. The van der Waals surface area contributed by atoms with Crippen LogP contribution in [0.4, 0.5) is 5.69 Å². The molecule has 1 heterocycles. The highest BCUT2D eigenvalue weighted by molar-refractivity contribution is 5.76. The lowest BCUT2D eigenvalue weighted by Gasteiger charge is -2.16. The summed E-state index contributed by atoms with van der Waals surface area (Å²) in [6.07, 6.45) is -1.73. The average Bonchev–Trinajstić information content (AvgIpc) is 2.71. The highest BCUT2D eigenvalue weighted by Crippen LogP contribution is 2.35. The molecule has 0 radical (unpaired) electrons. The Labute approximate surface area is 99.5 Å². The molecule has 0 aromatic heterocycles. The standard InChI is InChI=1S/C12H15NO4/c1-7-16-10(11(17-7)12(14)15-2)8-5-3-4-6-9(8)13/h3-7,10-11H,13H2,1-2H3/t7?,10-,11?/m1/s1. The second-order valence-corrected chi connectivity index (χ2v) is 3.83. The van der Waals surface area contributed by atoms with Crippen molar-refractivity contribution in [3.05, 3.63) is 29.8 Å². The van der Waals surface area contributed by atoms with E-state index in [0.717, 1.165) is 5.56 Å². The molecule has 5 heteroatoms. The maximum Gasteiger partial charge on any atom is 0.338 e. The first-order valence-electron chi connectivity index (χ1n) is 5.36. The summed E-state index contributed by atoms with van der Waals surface area (Å²) < 4.78 is 15.6. The van der Waals surface area contributed by atoms with Gasteiger partial charge in [0.2, 0.25) is 0 Å². The van der Waals surface area contributed by atoms with Gasteiger partial charge in [-0.3, -0.25) is 0 Å². The molecule has 1 aromatic rings. The van der Waals surface area contributed by atoms with Crippen molar-refractivity contribution >= 4 is 11.7 Å². The Morgan fingerprint density at radius 1 is 1.35 bits per heavy atom. The minimum absolute atomic E-state index is 0.455. The van der Waals surface area contributed by atoms with Crippen molar-refractivity contribution in [1.82, 2.24) is 0 Å². The Balaban J connectivity index is 2.30. The summed E-state index contributed by atoms with van der Waals surface area (Å²) in [4.78, 5) is 11.6. The van der Waals surface area contributed by atoms with Gasteiger partial charge in [-0.25, -0.2) is 4.79 Å². The first kappa shape index (κ1) is 11.9. The lowest BCUT2D eigenvalue weighted by Crippen LogP contribution is -2.27. The fourth-order valence-electron chi connectivity index (χ4n) is 1.89.